The van der Waals surface area contributed by atoms with E-state index >= 15 is 0 Å². The van der Waals surface area contributed by atoms with Gasteiger partial charge >= 0.3 is 0 Å². The van der Waals surface area contributed by atoms with Crippen LogP contribution in [0.2, 0.25) is 0 Å². The monoisotopic (exact) mass is 622 g/mol. The van der Waals surface area contributed by atoms with Gasteiger partial charge in [-0.25, -0.2) is 4.31 Å². The number of likely N-dealkylation sites (tertiary alicyclic amines) is 1. The Bertz CT molecular complexity index is 1200. The van der Waals surface area contributed by atoms with Gasteiger partial charge in [-0.1, -0.05) is 44.0 Å². The van der Waals surface area contributed by atoms with Crippen LogP contribution in [0.4, 0.5) is 5.69 Å². The van der Waals surface area contributed by atoms with Crippen LogP contribution in [0.3, 0.4) is 0 Å². The number of anilines is 1. The second-order valence-corrected chi connectivity index (χ2v) is 15.1. The third-order valence-corrected chi connectivity index (χ3v) is 12.4. The van der Waals surface area contributed by atoms with Gasteiger partial charge in [-0.3, -0.25) is 4.90 Å². The van der Waals surface area contributed by atoms with Gasteiger partial charge in [0, 0.05) is 68.9 Å². The largest absolute Gasteiger partial charge is 0.409 e. The average Bonchev–Trinajstić information content (AvgIpc) is 3.71. The van der Waals surface area contributed by atoms with Gasteiger partial charge in [0.15, 0.2) is 0 Å². The van der Waals surface area contributed by atoms with Crippen LogP contribution in [0.5, 0.6) is 5.75 Å². The van der Waals surface area contributed by atoms with E-state index in [0.29, 0.717) is 17.5 Å². The minimum atomic E-state index is 0. The van der Waals surface area contributed by atoms with Crippen molar-refractivity contribution >= 4 is 31.4 Å². The Kier molecular flexibility index (Phi) is 9.95. The van der Waals surface area contributed by atoms with Crippen molar-refractivity contribution in [3.05, 3.63) is 59.7 Å². The molecule has 0 aromatic heterocycles. The van der Waals surface area contributed by atoms with Gasteiger partial charge in [-0.15, -0.1) is 0 Å². The molecule has 2 saturated heterocycles. The summed E-state index contributed by atoms with van der Waals surface area (Å²) in [6, 6.07) is 19.7. The van der Waals surface area contributed by atoms with Crippen molar-refractivity contribution in [1.82, 2.24) is 14.1 Å². The molecule has 0 amide bonds. The Hall–Kier alpha value is -1.38. The standard InChI is InChI=1S/C36H52N4OS.H2S/c1-4-38-25-29-9-5-8-12-35(29)36(26-38,30-10-6-7-11-30)31-19-20-39(27(2)21-31)22-28-23-40(24-28)33-15-17-34(18-16-33)41-42-37(3)32-13-14-32;/h5,8-9,12,15-18,27-28,30-32H,4,6-7,10-11,13-14,19-26H2,1-3H3;1H2. The van der Waals surface area contributed by atoms with Gasteiger partial charge in [0.25, 0.3) is 0 Å². The highest BCUT2D eigenvalue weighted by molar-refractivity contribution is 7.92. The van der Waals surface area contributed by atoms with Crippen molar-refractivity contribution in [3.8, 4) is 5.75 Å². The Labute approximate surface area is 272 Å². The number of rotatable bonds is 10. The summed E-state index contributed by atoms with van der Waals surface area (Å²) in [5.41, 5.74) is 5.02. The number of nitrogens with zero attached hydrogens (tertiary/aromatic N) is 4. The minimum absolute atomic E-state index is 0. The highest BCUT2D eigenvalue weighted by Crippen LogP contribution is 2.54. The lowest BCUT2D eigenvalue weighted by atomic mass is 9.56. The number of hydrogen-bond donors (Lipinski definition) is 0. The average molecular weight is 623 g/mol. The summed E-state index contributed by atoms with van der Waals surface area (Å²) in [6.45, 7) is 13.4. The van der Waals surface area contributed by atoms with E-state index in [1.165, 1.54) is 109 Å². The zero-order valence-corrected chi connectivity index (χ0v) is 28.5. The molecule has 4 fully saturated rings. The van der Waals surface area contributed by atoms with Gasteiger partial charge < -0.3 is 14.0 Å². The molecule has 3 unspecified atom stereocenters. The van der Waals surface area contributed by atoms with Crippen LogP contribution in [-0.2, 0) is 12.0 Å². The number of piperidine rings is 1. The maximum atomic E-state index is 5.93. The predicted molar refractivity (Wildman–Crippen MR) is 186 cm³/mol. The lowest BCUT2D eigenvalue weighted by Crippen LogP contribution is -2.59. The Morgan fingerprint density at radius 3 is 2.40 bits per heavy atom. The SMILES string of the molecule is CCN1Cc2ccccc2C(C2CCCC2)(C2CCN(CC3CN(c4ccc(OSN(C)C5CC5)cc4)C3)C(C)C2)C1.S. The lowest BCUT2D eigenvalue weighted by molar-refractivity contribution is 0.0144. The molecule has 2 aromatic rings. The van der Waals surface area contributed by atoms with Crippen LogP contribution in [0.15, 0.2) is 48.5 Å². The molecule has 5 aliphatic rings. The zero-order valence-electron chi connectivity index (χ0n) is 26.7. The van der Waals surface area contributed by atoms with Crippen LogP contribution in [0.25, 0.3) is 0 Å². The molecule has 236 valence electrons. The van der Waals surface area contributed by atoms with Crippen LogP contribution in [0.1, 0.15) is 76.3 Å². The van der Waals surface area contributed by atoms with Crippen molar-refractivity contribution in [1.29, 1.82) is 0 Å². The maximum Gasteiger partial charge on any atom is 0.146 e. The van der Waals surface area contributed by atoms with Crippen LogP contribution >= 0.6 is 25.7 Å². The minimum Gasteiger partial charge on any atom is -0.409 e. The van der Waals surface area contributed by atoms with Crippen molar-refractivity contribution in [3.63, 3.8) is 0 Å². The van der Waals surface area contributed by atoms with Gasteiger partial charge in [0.1, 0.15) is 18.0 Å². The smallest absolute Gasteiger partial charge is 0.146 e. The molecule has 2 aromatic carbocycles. The molecule has 2 aliphatic carbocycles. The Morgan fingerprint density at radius 1 is 0.953 bits per heavy atom. The second kappa shape index (κ2) is 13.5. The lowest BCUT2D eigenvalue weighted by Gasteiger charge is -2.55. The zero-order chi connectivity index (χ0) is 28.7. The molecule has 43 heavy (non-hydrogen) atoms. The van der Waals surface area contributed by atoms with E-state index < -0.39 is 0 Å². The molecular formula is C36H54N4OS2. The molecule has 5 nitrogen and oxygen atoms in total. The quantitative estimate of drug-likeness (QED) is 0.203. The van der Waals surface area contributed by atoms with Gasteiger partial charge in [0.05, 0.1) is 0 Å². The van der Waals surface area contributed by atoms with E-state index in [9.17, 15) is 0 Å². The molecular weight excluding hydrogens is 569 g/mol. The number of likely N-dealkylation sites (N-methyl/N-ethyl adjacent to an activating group) is 1. The van der Waals surface area contributed by atoms with Crippen molar-refractivity contribution < 1.29 is 4.18 Å². The fourth-order valence-corrected chi connectivity index (χ4v) is 9.71. The van der Waals surface area contributed by atoms with E-state index in [-0.39, 0.29) is 13.5 Å². The normalized spacial score (nSPS) is 28.9. The van der Waals surface area contributed by atoms with Crippen LogP contribution in [0, 0.1) is 17.8 Å². The predicted octanol–water partition coefficient (Wildman–Crippen LogP) is 7.34. The third kappa shape index (κ3) is 6.49. The second-order valence-electron chi connectivity index (χ2n) is 14.2. The van der Waals surface area contributed by atoms with E-state index in [1.54, 1.807) is 11.1 Å². The van der Waals surface area contributed by atoms with E-state index in [4.69, 9.17) is 4.18 Å². The molecule has 7 heteroatoms. The first-order valence-corrected chi connectivity index (χ1v) is 17.7. The van der Waals surface area contributed by atoms with Crippen LogP contribution in [-0.4, -0.2) is 72.5 Å². The number of fused-ring (bicyclic) bond motifs is 1. The Balaban J connectivity index is 0.00000329. The summed E-state index contributed by atoms with van der Waals surface area (Å²) in [5, 5.41) is 0. The fraction of sp³-hybridized carbons (Fsp3) is 0.667. The fourth-order valence-electron chi connectivity index (χ4n) is 9.06. The first-order valence-electron chi connectivity index (χ1n) is 17.0. The number of hydrogen-bond acceptors (Lipinski definition) is 6. The highest BCUT2D eigenvalue weighted by atomic mass is 32.2. The van der Waals surface area contributed by atoms with Crippen molar-refractivity contribution in [2.45, 2.75) is 89.3 Å². The molecule has 3 atom stereocenters. The molecule has 0 bridgehead atoms. The maximum absolute atomic E-state index is 5.93. The highest BCUT2D eigenvalue weighted by Gasteiger charge is 2.52. The van der Waals surface area contributed by atoms with E-state index in [2.05, 4.69) is 88.4 Å². The molecule has 3 heterocycles. The van der Waals surface area contributed by atoms with Crippen molar-refractivity contribution in [2.75, 3.05) is 51.2 Å². The molecule has 0 radical (unpaired) electrons. The molecule has 0 N–H and O–H groups in total. The van der Waals surface area contributed by atoms with Gasteiger partial charge in [-0.05, 0) is 106 Å². The first-order chi connectivity index (χ1) is 20.5. The summed E-state index contributed by atoms with van der Waals surface area (Å²) in [4.78, 5) is 8.16. The topological polar surface area (TPSA) is 22.2 Å². The summed E-state index contributed by atoms with van der Waals surface area (Å²) < 4.78 is 8.16. The summed E-state index contributed by atoms with van der Waals surface area (Å²) in [7, 11) is 2.13. The molecule has 3 aliphatic heterocycles. The molecule has 2 saturated carbocycles. The third-order valence-electron chi connectivity index (χ3n) is 11.6. The summed E-state index contributed by atoms with van der Waals surface area (Å²) >= 11 is 1.48. The van der Waals surface area contributed by atoms with Crippen LogP contribution < -0.4 is 9.08 Å². The van der Waals surface area contributed by atoms with Gasteiger partial charge in [0.2, 0.25) is 0 Å². The van der Waals surface area contributed by atoms with Gasteiger partial charge in [-0.2, -0.15) is 13.5 Å². The Morgan fingerprint density at radius 2 is 1.70 bits per heavy atom. The van der Waals surface area contributed by atoms with E-state index in [0.717, 1.165) is 30.0 Å². The molecule has 0 spiro atoms. The van der Waals surface area contributed by atoms with Crippen molar-refractivity contribution in [2.24, 2.45) is 17.8 Å². The summed E-state index contributed by atoms with van der Waals surface area (Å²) in [6.07, 6.45) is 11.0. The summed E-state index contributed by atoms with van der Waals surface area (Å²) in [5.74, 6) is 3.37. The molecule has 7 rings (SSSR count). The number of benzene rings is 2. The van der Waals surface area contributed by atoms with E-state index in [1.807, 2.05) is 0 Å². The first kappa shape index (κ1) is 31.6.